The van der Waals surface area contributed by atoms with Gasteiger partial charge in [-0.05, 0) is 48.2 Å². The summed E-state index contributed by atoms with van der Waals surface area (Å²) in [5.74, 6) is -0.0864. The average molecular weight is 435 g/mol. The zero-order chi connectivity index (χ0) is 22.3. The van der Waals surface area contributed by atoms with E-state index in [9.17, 15) is 18.0 Å². The van der Waals surface area contributed by atoms with Crippen LogP contribution in [0.1, 0.15) is 24.0 Å². The number of nitrogens with zero attached hydrogens (tertiary/aromatic N) is 2. The number of rotatable bonds is 6. The summed E-state index contributed by atoms with van der Waals surface area (Å²) >= 11 is 0. The minimum Gasteiger partial charge on any atom is -0.406 e. The lowest BCUT2D eigenvalue weighted by atomic mass is 10.2. The number of nitrogens with one attached hydrogen (secondary N) is 2. The van der Waals surface area contributed by atoms with Gasteiger partial charge in [-0.2, -0.15) is 0 Å². The Morgan fingerprint density at radius 1 is 1.10 bits per heavy atom. The van der Waals surface area contributed by atoms with E-state index in [2.05, 4.69) is 20.4 Å². The van der Waals surface area contributed by atoms with Crippen LogP contribution in [0, 0.1) is 0 Å². The number of benzene rings is 2. The van der Waals surface area contributed by atoms with Crippen molar-refractivity contribution < 1.29 is 22.7 Å². The maximum absolute atomic E-state index is 12.2. The summed E-state index contributed by atoms with van der Waals surface area (Å²) in [6, 6.07) is 12.7. The normalized spacial score (nSPS) is 14.4. The molecule has 0 spiro atoms. The second kappa shape index (κ2) is 10.1. The number of carbonyl (C=O) groups is 1. The minimum absolute atomic E-state index is 0.106. The molecule has 1 fully saturated rings. The lowest BCUT2D eigenvalue weighted by molar-refractivity contribution is -0.274. The molecular formula is C21H24F3N5O2. The summed E-state index contributed by atoms with van der Waals surface area (Å²) in [6.45, 7) is 2.16. The van der Waals surface area contributed by atoms with Gasteiger partial charge < -0.3 is 26.0 Å². The van der Waals surface area contributed by atoms with E-state index in [0.717, 1.165) is 37.1 Å². The van der Waals surface area contributed by atoms with E-state index in [4.69, 9.17) is 5.73 Å². The predicted molar refractivity (Wildman–Crippen MR) is 112 cm³/mol. The average Bonchev–Trinajstić information content (AvgIpc) is 3.26. The highest BCUT2D eigenvalue weighted by Crippen LogP contribution is 2.22. The van der Waals surface area contributed by atoms with Crippen LogP contribution in [0.5, 0.6) is 5.75 Å². The Balaban J connectivity index is 1.48. The van der Waals surface area contributed by atoms with Crippen LogP contribution in [0.2, 0.25) is 0 Å². The van der Waals surface area contributed by atoms with Crippen LogP contribution >= 0.6 is 0 Å². The van der Waals surface area contributed by atoms with Crippen LogP contribution in [0.3, 0.4) is 0 Å². The van der Waals surface area contributed by atoms with Crippen LogP contribution in [-0.4, -0.2) is 36.3 Å². The highest BCUT2D eigenvalue weighted by molar-refractivity contribution is 5.89. The topological polar surface area (TPSA) is 92.0 Å². The standard InChI is InChI=1S/C21H24F3N5O2/c22-21(23,24)31-18-8-6-15(7-9-18)13-26-19(25)27-14-16-4-3-5-17(12-16)28-20(30)29-10-1-2-11-29/h3-9,12H,1-2,10-11,13-14H2,(H,28,30)(H3,25,26,27). The van der Waals surface area contributed by atoms with Crippen LogP contribution in [0.15, 0.2) is 53.5 Å². The van der Waals surface area contributed by atoms with Crippen LogP contribution in [0.25, 0.3) is 0 Å². The molecule has 1 aliphatic rings. The first-order valence-corrected chi connectivity index (χ1v) is 9.82. The smallest absolute Gasteiger partial charge is 0.406 e. The fourth-order valence-electron chi connectivity index (χ4n) is 3.10. The highest BCUT2D eigenvalue weighted by atomic mass is 19.4. The molecular weight excluding hydrogens is 411 g/mol. The Morgan fingerprint density at radius 3 is 2.48 bits per heavy atom. The number of halogens is 3. The second-order valence-corrected chi connectivity index (χ2v) is 7.07. The molecule has 0 atom stereocenters. The second-order valence-electron chi connectivity index (χ2n) is 7.07. The van der Waals surface area contributed by atoms with E-state index < -0.39 is 6.36 Å². The van der Waals surface area contributed by atoms with Gasteiger partial charge in [0.1, 0.15) is 5.75 Å². The lowest BCUT2D eigenvalue weighted by Crippen LogP contribution is -2.32. The van der Waals surface area contributed by atoms with Crippen molar-refractivity contribution in [3.63, 3.8) is 0 Å². The lowest BCUT2D eigenvalue weighted by Gasteiger charge is -2.16. The summed E-state index contributed by atoms with van der Waals surface area (Å²) in [7, 11) is 0. The Hall–Kier alpha value is -3.43. The molecule has 1 heterocycles. The van der Waals surface area contributed by atoms with E-state index in [1.807, 2.05) is 24.3 Å². The van der Waals surface area contributed by atoms with E-state index in [1.165, 1.54) is 24.3 Å². The largest absolute Gasteiger partial charge is 0.573 e. The van der Waals surface area contributed by atoms with Gasteiger partial charge in [0.25, 0.3) is 0 Å². The summed E-state index contributed by atoms with van der Waals surface area (Å²) in [5, 5.41) is 5.80. The number of aliphatic imine (C=N–C) groups is 1. The molecule has 2 aromatic rings. The van der Waals surface area contributed by atoms with Crippen molar-refractivity contribution in [1.29, 1.82) is 0 Å². The SMILES string of the molecule is NC(=NCc1cccc(NC(=O)N2CCCC2)c1)NCc1ccc(OC(F)(F)F)cc1. The summed E-state index contributed by atoms with van der Waals surface area (Å²) in [6.07, 6.45) is -2.66. The van der Waals surface area contributed by atoms with E-state index in [1.54, 1.807) is 4.90 Å². The first-order chi connectivity index (χ1) is 14.8. The van der Waals surface area contributed by atoms with Gasteiger partial charge >= 0.3 is 12.4 Å². The first kappa shape index (κ1) is 22.3. The number of anilines is 1. The summed E-state index contributed by atoms with van der Waals surface area (Å²) in [4.78, 5) is 18.2. The molecule has 0 saturated carbocycles. The number of amides is 2. The third kappa shape index (κ3) is 7.40. The van der Waals surface area contributed by atoms with Crippen molar-refractivity contribution in [2.75, 3.05) is 18.4 Å². The maximum Gasteiger partial charge on any atom is 0.573 e. The molecule has 2 aromatic carbocycles. The third-order valence-electron chi connectivity index (χ3n) is 4.63. The third-order valence-corrected chi connectivity index (χ3v) is 4.63. The van der Waals surface area contributed by atoms with Gasteiger partial charge in [0.05, 0.1) is 6.54 Å². The van der Waals surface area contributed by atoms with Crippen LogP contribution < -0.4 is 21.1 Å². The fourth-order valence-corrected chi connectivity index (χ4v) is 3.10. The number of alkyl halides is 3. The molecule has 1 saturated heterocycles. The molecule has 3 rings (SSSR count). The number of likely N-dealkylation sites (tertiary alicyclic amines) is 1. The number of nitrogens with two attached hydrogens (primary N) is 1. The molecule has 4 N–H and O–H groups in total. The number of hydrogen-bond donors (Lipinski definition) is 3. The molecule has 7 nitrogen and oxygen atoms in total. The van der Waals surface area contributed by atoms with Gasteiger partial charge in [0.2, 0.25) is 0 Å². The highest BCUT2D eigenvalue weighted by Gasteiger charge is 2.30. The van der Waals surface area contributed by atoms with Crippen LogP contribution in [0.4, 0.5) is 23.7 Å². The van der Waals surface area contributed by atoms with E-state index in [0.29, 0.717) is 18.8 Å². The maximum atomic E-state index is 12.2. The molecule has 0 bridgehead atoms. The van der Waals surface area contributed by atoms with Crippen molar-refractivity contribution in [3.05, 3.63) is 59.7 Å². The molecule has 2 amide bonds. The number of guanidine groups is 1. The minimum atomic E-state index is -4.72. The number of hydrogen-bond acceptors (Lipinski definition) is 3. The van der Waals surface area contributed by atoms with Gasteiger partial charge in [0, 0.05) is 25.3 Å². The summed E-state index contributed by atoms with van der Waals surface area (Å²) < 4.78 is 40.4. The molecule has 0 aromatic heterocycles. The zero-order valence-electron chi connectivity index (χ0n) is 16.8. The van der Waals surface area contributed by atoms with Crippen LogP contribution in [-0.2, 0) is 13.1 Å². The molecule has 31 heavy (non-hydrogen) atoms. The van der Waals surface area contributed by atoms with Crippen molar-refractivity contribution in [1.82, 2.24) is 10.2 Å². The van der Waals surface area contributed by atoms with Crippen molar-refractivity contribution in [2.24, 2.45) is 10.7 Å². The molecule has 1 aliphatic heterocycles. The Morgan fingerprint density at radius 2 is 1.81 bits per heavy atom. The number of urea groups is 1. The first-order valence-electron chi connectivity index (χ1n) is 9.82. The van der Waals surface area contributed by atoms with Gasteiger partial charge in [-0.3, -0.25) is 0 Å². The van der Waals surface area contributed by atoms with Crippen molar-refractivity contribution in [2.45, 2.75) is 32.3 Å². The van der Waals surface area contributed by atoms with Crippen molar-refractivity contribution >= 4 is 17.7 Å². The quantitative estimate of drug-likeness (QED) is 0.475. The fraction of sp³-hybridized carbons (Fsp3) is 0.333. The van der Waals surface area contributed by atoms with Gasteiger partial charge in [0.15, 0.2) is 5.96 Å². The van der Waals surface area contributed by atoms with Gasteiger partial charge in [-0.25, -0.2) is 9.79 Å². The van der Waals surface area contributed by atoms with Gasteiger partial charge in [-0.15, -0.1) is 13.2 Å². The zero-order valence-corrected chi connectivity index (χ0v) is 16.8. The Labute approximate surface area is 178 Å². The summed E-state index contributed by atoms with van der Waals surface area (Å²) in [5.41, 5.74) is 8.16. The van der Waals surface area contributed by atoms with Crippen molar-refractivity contribution in [3.8, 4) is 5.75 Å². The predicted octanol–water partition coefficient (Wildman–Crippen LogP) is 3.82. The Kier molecular flexibility index (Phi) is 7.22. The number of ether oxygens (including phenoxy) is 1. The molecule has 0 aliphatic carbocycles. The molecule has 166 valence electrons. The monoisotopic (exact) mass is 435 g/mol. The van der Waals surface area contributed by atoms with Gasteiger partial charge in [-0.1, -0.05) is 24.3 Å². The molecule has 0 unspecified atom stereocenters. The Bertz CT molecular complexity index is 910. The number of carbonyl (C=O) groups excluding carboxylic acids is 1. The van der Waals surface area contributed by atoms with E-state index >= 15 is 0 Å². The molecule has 0 radical (unpaired) electrons. The van der Waals surface area contributed by atoms with E-state index in [-0.39, 0.29) is 17.7 Å². The molecule has 10 heteroatoms.